The van der Waals surface area contributed by atoms with Gasteiger partial charge in [0.2, 0.25) is 0 Å². The number of methoxy groups -OCH3 is 1. The number of aryl methyl sites for hydroxylation is 2. The number of benzene rings is 1. The lowest BCUT2D eigenvalue weighted by molar-refractivity contribution is 0.414. The number of rotatable bonds is 6. The third-order valence-electron chi connectivity index (χ3n) is 3.06. The van der Waals surface area contributed by atoms with E-state index < -0.39 is 0 Å². The minimum Gasteiger partial charge on any atom is -0.497 e. The van der Waals surface area contributed by atoms with Crippen molar-refractivity contribution in [1.82, 2.24) is 9.78 Å². The van der Waals surface area contributed by atoms with Crippen LogP contribution in [0, 0.1) is 6.92 Å². The molecule has 4 heteroatoms. The molecule has 4 nitrogen and oxygen atoms in total. The molecule has 0 bridgehead atoms. The van der Waals surface area contributed by atoms with Gasteiger partial charge in [0.1, 0.15) is 5.75 Å². The molecule has 0 unspecified atom stereocenters. The Bertz CT molecular complexity index is 534. The quantitative estimate of drug-likeness (QED) is 0.865. The van der Waals surface area contributed by atoms with Gasteiger partial charge in [0, 0.05) is 30.5 Å². The molecule has 0 amide bonds. The zero-order valence-electron chi connectivity index (χ0n) is 11.8. The van der Waals surface area contributed by atoms with Gasteiger partial charge in [-0.1, -0.05) is 6.92 Å². The van der Waals surface area contributed by atoms with Crippen molar-refractivity contribution in [3.8, 4) is 5.75 Å². The normalized spacial score (nSPS) is 10.5. The van der Waals surface area contributed by atoms with Crippen molar-refractivity contribution in [2.24, 2.45) is 0 Å². The highest BCUT2D eigenvalue weighted by Crippen LogP contribution is 2.21. The molecule has 19 heavy (non-hydrogen) atoms. The van der Waals surface area contributed by atoms with E-state index in [1.807, 2.05) is 29.1 Å². The maximum absolute atomic E-state index is 5.20. The minimum absolute atomic E-state index is 0.789. The molecule has 1 aromatic carbocycles. The number of hydrogen-bond acceptors (Lipinski definition) is 3. The highest BCUT2D eigenvalue weighted by molar-refractivity contribution is 5.53. The lowest BCUT2D eigenvalue weighted by Gasteiger charge is -2.10. The van der Waals surface area contributed by atoms with Crippen LogP contribution < -0.4 is 10.1 Å². The highest BCUT2D eigenvalue weighted by Gasteiger charge is 2.02. The molecule has 0 fully saturated rings. The zero-order chi connectivity index (χ0) is 13.7. The van der Waals surface area contributed by atoms with Gasteiger partial charge in [0.15, 0.2) is 0 Å². The van der Waals surface area contributed by atoms with Gasteiger partial charge >= 0.3 is 0 Å². The van der Waals surface area contributed by atoms with E-state index in [1.165, 1.54) is 11.1 Å². The molecule has 0 aliphatic rings. The monoisotopic (exact) mass is 259 g/mol. The van der Waals surface area contributed by atoms with Gasteiger partial charge in [-0.25, -0.2) is 0 Å². The minimum atomic E-state index is 0.789. The van der Waals surface area contributed by atoms with Crippen LogP contribution in [0.2, 0.25) is 0 Å². The van der Waals surface area contributed by atoms with E-state index >= 15 is 0 Å². The number of nitrogens with zero attached hydrogens (tertiary/aromatic N) is 2. The van der Waals surface area contributed by atoms with Crippen molar-refractivity contribution < 1.29 is 4.74 Å². The first kappa shape index (κ1) is 13.5. The van der Waals surface area contributed by atoms with E-state index in [4.69, 9.17) is 4.74 Å². The maximum Gasteiger partial charge on any atom is 0.119 e. The van der Waals surface area contributed by atoms with Crippen molar-refractivity contribution in [3.05, 3.63) is 41.7 Å². The molecule has 1 aromatic heterocycles. The SMILES string of the molecule is CCCn1cc(CNc2ccc(OC)cc2C)cn1. The third-order valence-corrected chi connectivity index (χ3v) is 3.06. The van der Waals surface area contributed by atoms with E-state index in [2.05, 4.69) is 30.5 Å². The zero-order valence-corrected chi connectivity index (χ0v) is 11.8. The molecule has 1 N–H and O–H groups in total. The lowest BCUT2D eigenvalue weighted by atomic mass is 10.2. The fourth-order valence-electron chi connectivity index (χ4n) is 2.01. The van der Waals surface area contributed by atoms with Crippen molar-refractivity contribution in [1.29, 1.82) is 0 Å². The predicted octanol–water partition coefficient (Wildman–Crippen LogP) is 3.22. The summed E-state index contributed by atoms with van der Waals surface area (Å²) in [6.07, 6.45) is 5.11. The summed E-state index contributed by atoms with van der Waals surface area (Å²) in [5.74, 6) is 0.888. The fourth-order valence-corrected chi connectivity index (χ4v) is 2.01. The van der Waals surface area contributed by atoms with Crippen LogP contribution in [-0.2, 0) is 13.1 Å². The van der Waals surface area contributed by atoms with Crippen LogP contribution in [-0.4, -0.2) is 16.9 Å². The average molecular weight is 259 g/mol. The van der Waals surface area contributed by atoms with Crippen molar-refractivity contribution >= 4 is 5.69 Å². The Morgan fingerprint density at radius 2 is 2.21 bits per heavy atom. The number of hydrogen-bond donors (Lipinski definition) is 1. The molecule has 0 saturated heterocycles. The fraction of sp³-hybridized carbons (Fsp3) is 0.400. The molecule has 0 atom stereocenters. The molecule has 0 saturated carbocycles. The maximum atomic E-state index is 5.20. The van der Waals surface area contributed by atoms with E-state index in [9.17, 15) is 0 Å². The third kappa shape index (κ3) is 3.50. The second kappa shape index (κ2) is 6.27. The molecule has 1 heterocycles. The Morgan fingerprint density at radius 3 is 2.89 bits per heavy atom. The molecule has 2 aromatic rings. The summed E-state index contributed by atoms with van der Waals surface area (Å²) in [5.41, 5.74) is 3.51. The standard InChI is InChI=1S/C15H21N3O/c1-4-7-18-11-13(10-17-18)9-16-15-6-5-14(19-3)8-12(15)2/h5-6,8,10-11,16H,4,7,9H2,1-3H3. The average Bonchev–Trinajstić information content (AvgIpc) is 2.85. The summed E-state index contributed by atoms with van der Waals surface area (Å²) >= 11 is 0. The summed E-state index contributed by atoms with van der Waals surface area (Å²) in [6.45, 7) is 5.99. The van der Waals surface area contributed by atoms with Crippen LogP contribution in [0.1, 0.15) is 24.5 Å². The predicted molar refractivity (Wildman–Crippen MR) is 77.6 cm³/mol. The van der Waals surface area contributed by atoms with E-state index in [0.717, 1.165) is 30.9 Å². The van der Waals surface area contributed by atoms with Crippen LogP contribution in [0.15, 0.2) is 30.6 Å². The Hall–Kier alpha value is -1.97. The molecule has 0 spiro atoms. The lowest BCUT2D eigenvalue weighted by Crippen LogP contribution is -2.01. The molecule has 2 rings (SSSR count). The molecule has 0 aliphatic carbocycles. The molecular weight excluding hydrogens is 238 g/mol. The van der Waals surface area contributed by atoms with Crippen LogP contribution in [0.5, 0.6) is 5.75 Å². The van der Waals surface area contributed by atoms with Gasteiger partial charge in [-0.3, -0.25) is 4.68 Å². The summed E-state index contributed by atoms with van der Waals surface area (Å²) in [7, 11) is 1.68. The summed E-state index contributed by atoms with van der Waals surface area (Å²) in [6, 6.07) is 6.04. The summed E-state index contributed by atoms with van der Waals surface area (Å²) in [5, 5.41) is 7.75. The highest BCUT2D eigenvalue weighted by atomic mass is 16.5. The van der Waals surface area contributed by atoms with Gasteiger partial charge in [0.05, 0.1) is 13.3 Å². The van der Waals surface area contributed by atoms with Gasteiger partial charge in [0.25, 0.3) is 0 Å². The van der Waals surface area contributed by atoms with Crippen molar-refractivity contribution in [2.75, 3.05) is 12.4 Å². The van der Waals surface area contributed by atoms with Crippen LogP contribution in [0.25, 0.3) is 0 Å². The van der Waals surface area contributed by atoms with E-state index in [0.29, 0.717) is 0 Å². The number of nitrogens with one attached hydrogen (secondary N) is 1. The second-order valence-electron chi connectivity index (χ2n) is 4.65. The van der Waals surface area contributed by atoms with Crippen LogP contribution in [0.4, 0.5) is 5.69 Å². The first-order valence-corrected chi connectivity index (χ1v) is 6.62. The van der Waals surface area contributed by atoms with E-state index in [1.54, 1.807) is 7.11 Å². The van der Waals surface area contributed by atoms with Crippen molar-refractivity contribution in [3.63, 3.8) is 0 Å². The molecule has 0 aliphatic heterocycles. The van der Waals surface area contributed by atoms with Gasteiger partial charge in [-0.15, -0.1) is 0 Å². The summed E-state index contributed by atoms with van der Waals surface area (Å²) < 4.78 is 7.19. The van der Waals surface area contributed by atoms with Gasteiger partial charge in [-0.2, -0.15) is 5.10 Å². The van der Waals surface area contributed by atoms with Gasteiger partial charge in [-0.05, 0) is 37.1 Å². The molecule has 0 radical (unpaired) electrons. The summed E-state index contributed by atoms with van der Waals surface area (Å²) in [4.78, 5) is 0. The van der Waals surface area contributed by atoms with E-state index in [-0.39, 0.29) is 0 Å². The molecular formula is C15H21N3O. The number of aromatic nitrogens is 2. The first-order valence-electron chi connectivity index (χ1n) is 6.62. The molecule has 102 valence electrons. The second-order valence-corrected chi connectivity index (χ2v) is 4.65. The Balaban J connectivity index is 1.97. The van der Waals surface area contributed by atoms with Crippen molar-refractivity contribution in [2.45, 2.75) is 33.4 Å². The smallest absolute Gasteiger partial charge is 0.119 e. The first-order chi connectivity index (χ1) is 9.22. The Morgan fingerprint density at radius 1 is 1.37 bits per heavy atom. The van der Waals surface area contributed by atoms with Gasteiger partial charge < -0.3 is 10.1 Å². The van der Waals surface area contributed by atoms with Crippen LogP contribution >= 0.6 is 0 Å². The Labute approximate surface area is 114 Å². The largest absolute Gasteiger partial charge is 0.497 e. The number of ether oxygens (including phenoxy) is 1. The Kier molecular flexibility index (Phi) is 4.44. The number of anilines is 1. The van der Waals surface area contributed by atoms with Crippen LogP contribution in [0.3, 0.4) is 0 Å². The topological polar surface area (TPSA) is 39.1 Å².